The number of halogens is 3. The average Bonchev–Trinajstić information content (AvgIpc) is 1.81. The predicted molar refractivity (Wildman–Crippen MR) is 38.6 cm³/mol. The SMILES string of the molecule is C[Si][Si]([Si])CCC(F)(F)F. The fourth-order valence-corrected chi connectivity index (χ4v) is 2.68. The number of hydrogen-bond donors (Lipinski definition) is 0. The molecule has 0 saturated heterocycles. The van der Waals surface area contributed by atoms with Crippen LogP contribution in [0.2, 0.25) is 12.6 Å². The normalized spacial score (nSPS) is 12.6. The molecule has 6 heteroatoms. The molecule has 0 spiro atoms. The second-order valence-corrected chi connectivity index (χ2v) is 10.4. The van der Waals surface area contributed by atoms with Gasteiger partial charge in [0.25, 0.3) is 0 Å². The third kappa shape index (κ3) is 6.56. The largest absolute Gasteiger partial charge is 0.388 e. The molecule has 0 aromatic carbocycles. The third-order valence-corrected chi connectivity index (χ3v) is 7.87. The van der Waals surface area contributed by atoms with Gasteiger partial charge < -0.3 is 0 Å². The predicted octanol–water partition coefficient (Wildman–Crippen LogP) is 1.35. The van der Waals surface area contributed by atoms with Crippen LogP contribution >= 0.6 is 0 Å². The van der Waals surface area contributed by atoms with Crippen molar-refractivity contribution in [2.75, 3.05) is 0 Å². The first-order chi connectivity index (χ1) is 4.45. The van der Waals surface area contributed by atoms with E-state index in [-0.39, 0.29) is 0 Å². The molecule has 0 aromatic rings. The van der Waals surface area contributed by atoms with E-state index in [1.807, 2.05) is 6.55 Å². The van der Waals surface area contributed by atoms with Crippen LogP contribution in [0, 0.1) is 0 Å². The molecule has 10 heavy (non-hydrogen) atoms. The average molecular weight is 196 g/mol. The van der Waals surface area contributed by atoms with Crippen LogP contribution < -0.4 is 0 Å². The molecule has 56 valence electrons. The first-order valence-corrected chi connectivity index (χ1v) is 8.48. The summed E-state index contributed by atoms with van der Waals surface area (Å²) in [6, 6.07) is 0.292. The maximum atomic E-state index is 11.6. The van der Waals surface area contributed by atoms with E-state index in [4.69, 9.17) is 0 Å². The molecule has 0 aromatic heterocycles. The molecule has 0 amide bonds. The van der Waals surface area contributed by atoms with Crippen molar-refractivity contribution in [3.05, 3.63) is 0 Å². The minimum atomic E-state index is -3.97. The Kier molecular flexibility index (Phi) is 4.54. The van der Waals surface area contributed by atoms with Crippen molar-refractivity contribution in [2.45, 2.75) is 25.2 Å². The summed E-state index contributed by atoms with van der Waals surface area (Å²) < 4.78 is 34.7. The van der Waals surface area contributed by atoms with E-state index >= 15 is 0 Å². The minimum Gasteiger partial charge on any atom is -0.171 e. The lowest BCUT2D eigenvalue weighted by Crippen LogP contribution is -2.23. The first-order valence-electron chi connectivity index (χ1n) is 2.77. The second-order valence-electron chi connectivity index (χ2n) is 1.84. The van der Waals surface area contributed by atoms with Crippen molar-refractivity contribution >= 4 is 26.6 Å². The molecule has 0 aliphatic carbocycles. The van der Waals surface area contributed by atoms with Gasteiger partial charge >= 0.3 is 6.18 Å². The summed E-state index contributed by atoms with van der Waals surface area (Å²) in [6.45, 7) is 1.93. The van der Waals surface area contributed by atoms with Crippen LogP contribution in [0.15, 0.2) is 0 Å². The minimum absolute atomic E-state index is 0.292. The molecule has 0 bridgehead atoms. The highest BCUT2D eigenvalue weighted by Crippen LogP contribution is 2.21. The molecule has 6 radical (unpaired) electrons. The van der Waals surface area contributed by atoms with Gasteiger partial charge in [0.1, 0.15) is 0 Å². The van der Waals surface area contributed by atoms with Gasteiger partial charge in [-0.05, 0) is 0 Å². The third-order valence-electron chi connectivity index (χ3n) is 0.960. The van der Waals surface area contributed by atoms with Crippen molar-refractivity contribution in [1.82, 2.24) is 0 Å². The van der Waals surface area contributed by atoms with Gasteiger partial charge in [0.2, 0.25) is 0 Å². The Morgan fingerprint density at radius 2 is 2.00 bits per heavy atom. The zero-order chi connectivity index (χ0) is 8.20. The lowest BCUT2D eigenvalue weighted by Gasteiger charge is -2.07. The van der Waals surface area contributed by atoms with Crippen LogP contribution in [0.1, 0.15) is 6.42 Å². The molecule has 0 atom stereocenters. The molecule has 0 heterocycles. The van der Waals surface area contributed by atoms with Crippen molar-refractivity contribution in [1.29, 1.82) is 0 Å². The van der Waals surface area contributed by atoms with Gasteiger partial charge in [0, 0.05) is 33.0 Å². The summed E-state index contributed by atoms with van der Waals surface area (Å²) in [7, 11) is 3.08. The van der Waals surface area contributed by atoms with Gasteiger partial charge in [-0.1, -0.05) is 12.6 Å². The van der Waals surface area contributed by atoms with E-state index < -0.39 is 20.4 Å². The molecule has 0 nitrogen and oxygen atoms in total. The molecule has 0 aliphatic heterocycles. The van der Waals surface area contributed by atoms with E-state index in [9.17, 15) is 13.2 Å². The van der Waals surface area contributed by atoms with Crippen molar-refractivity contribution in [2.24, 2.45) is 0 Å². The quantitative estimate of drug-likeness (QED) is 0.598. The van der Waals surface area contributed by atoms with Crippen LogP contribution in [-0.4, -0.2) is 32.8 Å². The van der Waals surface area contributed by atoms with Crippen LogP contribution in [0.4, 0.5) is 13.2 Å². The van der Waals surface area contributed by atoms with E-state index in [1.165, 1.54) is 0 Å². The Labute approximate surface area is 65.6 Å². The highest BCUT2D eigenvalue weighted by molar-refractivity contribution is 7.34. The van der Waals surface area contributed by atoms with Gasteiger partial charge in [0.05, 0.1) is 0 Å². The Balaban J connectivity index is 3.36. The molecule has 0 aliphatic rings. The molecular formula is C4H7F3Si3. The highest BCUT2D eigenvalue weighted by atomic mass is 29.5. The van der Waals surface area contributed by atoms with E-state index in [1.54, 1.807) is 0 Å². The lowest BCUT2D eigenvalue weighted by molar-refractivity contribution is -0.130. The summed E-state index contributed by atoms with van der Waals surface area (Å²) in [6.07, 6.45) is -4.60. The number of alkyl halides is 3. The van der Waals surface area contributed by atoms with Crippen molar-refractivity contribution < 1.29 is 13.2 Å². The molecule has 0 N–H and O–H groups in total. The Bertz CT molecular complexity index is 92.2. The summed E-state index contributed by atoms with van der Waals surface area (Å²) >= 11 is 0. The summed E-state index contributed by atoms with van der Waals surface area (Å²) in [5.74, 6) is 0. The maximum absolute atomic E-state index is 11.6. The van der Waals surface area contributed by atoms with E-state index in [2.05, 4.69) is 9.76 Å². The Morgan fingerprint density at radius 1 is 1.50 bits per heavy atom. The fourth-order valence-electron chi connectivity index (χ4n) is 0.392. The standard InChI is InChI=1S/C4H7F3Si3/c1-9-10(8)3-2-4(5,6)7/h2-3H2,1H3. The second kappa shape index (κ2) is 4.35. The van der Waals surface area contributed by atoms with E-state index in [0.717, 1.165) is 0 Å². The summed E-state index contributed by atoms with van der Waals surface area (Å²) in [4.78, 5) is 0. The first kappa shape index (κ1) is 10.4. The smallest absolute Gasteiger partial charge is 0.171 e. The summed E-state index contributed by atoms with van der Waals surface area (Å²) in [5.41, 5.74) is 0. The van der Waals surface area contributed by atoms with Gasteiger partial charge in [-0.2, -0.15) is 13.2 Å². The van der Waals surface area contributed by atoms with Crippen LogP contribution in [0.3, 0.4) is 0 Å². The van der Waals surface area contributed by atoms with Crippen LogP contribution in [-0.2, 0) is 0 Å². The maximum Gasteiger partial charge on any atom is 0.388 e. The molecule has 0 unspecified atom stereocenters. The molecule has 0 saturated carbocycles. The summed E-state index contributed by atoms with van der Waals surface area (Å²) in [5, 5.41) is 0. The lowest BCUT2D eigenvalue weighted by atomic mass is 10.5. The Morgan fingerprint density at radius 3 is 2.30 bits per heavy atom. The molecule has 0 fully saturated rings. The van der Waals surface area contributed by atoms with Crippen LogP contribution in [0.5, 0.6) is 0 Å². The van der Waals surface area contributed by atoms with Crippen LogP contribution in [0.25, 0.3) is 0 Å². The van der Waals surface area contributed by atoms with Crippen molar-refractivity contribution in [3.63, 3.8) is 0 Å². The molecule has 0 rings (SSSR count). The Hall–Kier alpha value is 0.441. The zero-order valence-corrected chi connectivity index (χ0v) is 8.55. The molecular weight excluding hydrogens is 189 g/mol. The number of rotatable bonds is 3. The fraction of sp³-hybridized carbons (Fsp3) is 1.00. The van der Waals surface area contributed by atoms with Gasteiger partial charge in [-0.15, -0.1) is 0 Å². The van der Waals surface area contributed by atoms with E-state index in [0.29, 0.717) is 15.1 Å². The van der Waals surface area contributed by atoms with Gasteiger partial charge in [-0.25, -0.2) is 0 Å². The number of hydrogen-bond acceptors (Lipinski definition) is 0. The monoisotopic (exact) mass is 196 g/mol. The highest BCUT2D eigenvalue weighted by Gasteiger charge is 2.27. The van der Waals surface area contributed by atoms with Crippen molar-refractivity contribution in [3.8, 4) is 0 Å². The zero-order valence-electron chi connectivity index (χ0n) is 5.55. The topological polar surface area (TPSA) is 0 Å². The van der Waals surface area contributed by atoms with Gasteiger partial charge in [0.15, 0.2) is 0 Å². The van der Waals surface area contributed by atoms with Gasteiger partial charge in [-0.3, -0.25) is 0 Å².